The van der Waals surface area contributed by atoms with E-state index in [1.54, 1.807) is 0 Å². The van der Waals surface area contributed by atoms with Gasteiger partial charge in [-0.3, -0.25) is 4.79 Å². The minimum Gasteiger partial charge on any atom is -0.378 e. The molecule has 0 saturated heterocycles. The van der Waals surface area contributed by atoms with Crippen LogP contribution in [0.25, 0.3) is 5.69 Å². The molecule has 1 saturated carbocycles. The second kappa shape index (κ2) is 7.21. The van der Waals surface area contributed by atoms with Gasteiger partial charge in [0.1, 0.15) is 5.54 Å². The minimum atomic E-state index is -0.874. The molecule has 26 heavy (non-hydrogen) atoms. The zero-order chi connectivity index (χ0) is 18.8. The first-order chi connectivity index (χ1) is 12.4. The SMILES string of the molecule is CCOC1CC(N)(C(=O)NCCc2cnn(-c3ccccc3)c2)C1(C)C. The maximum absolute atomic E-state index is 12.6. The Morgan fingerprint density at radius 3 is 2.77 bits per heavy atom. The van der Waals surface area contributed by atoms with E-state index in [-0.39, 0.29) is 17.4 Å². The Bertz CT molecular complexity index is 756. The Morgan fingerprint density at radius 2 is 2.12 bits per heavy atom. The van der Waals surface area contributed by atoms with Crippen molar-refractivity contribution in [2.45, 2.75) is 45.3 Å². The number of benzene rings is 1. The van der Waals surface area contributed by atoms with Crippen LogP contribution in [0.3, 0.4) is 0 Å². The molecule has 1 aromatic carbocycles. The van der Waals surface area contributed by atoms with Crippen LogP contribution in [0, 0.1) is 5.41 Å². The molecular formula is C20H28N4O2. The van der Waals surface area contributed by atoms with E-state index in [1.807, 2.05) is 68.2 Å². The Balaban J connectivity index is 1.53. The van der Waals surface area contributed by atoms with E-state index in [9.17, 15) is 4.79 Å². The molecule has 0 spiro atoms. The van der Waals surface area contributed by atoms with Crippen molar-refractivity contribution in [3.8, 4) is 5.69 Å². The molecule has 1 heterocycles. The number of para-hydroxylation sites is 1. The van der Waals surface area contributed by atoms with Crippen molar-refractivity contribution in [2.24, 2.45) is 11.1 Å². The van der Waals surface area contributed by atoms with Crippen molar-refractivity contribution in [1.82, 2.24) is 15.1 Å². The predicted octanol–water partition coefficient (Wildman–Crippen LogP) is 2.06. The lowest BCUT2D eigenvalue weighted by Crippen LogP contribution is -2.75. The van der Waals surface area contributed by atoms with Gasteiger partial charge in [-0.05, 0) is 31.0 Å². The fourth-order valence-electron chi connectivity index (χ4n) is 3.51. The Kier molecular flexibility index (Phi) is 5.16. The van der Waals surface area contributed by atoms with Crippen LogP contribution in [0.1, 0.15) is 32.8 Å². The highest BCUT2D eigenvalue weighted by Gasteiger charge is 2.62. The summed E-state index contributed by atoms with van der Waals surface area (Å²) in [5, 5.41) is 7.36. The van der Waals surface area contributed by atoms with Gasteiger partial charge in [-0.2, -0.15) is 5.10 Å². The number of carbonyl (C=O) groups excluding carboxylic acids is 1. The van der Waals surface area contributed by atoms with Gasteiger partial charge in [0.05, 0.1) is 18.0 Å². The Morgan fingerprint density at radius 1 is 1.38 bits per heavy atom. The molecule has 1 amide bonds. The van der Waals surface area contributed by atoms with E-state index in [1.165, 1.54) is 0 Å². The highest BCUT2D eigenvalue weighted by atomic mass is 16.5. The average molecular weight is 356 g/mol. The lowest BCUT2D eigenvalue weighted by atomic mass is 9.54. The van der Waals surface area contributed by atoms with Gasteiger partial charge >= 0.3 is 0 Å². The summed E-state index contributed by atoms with van der Waals surface area (Å²) in [5.41, 5.74) is 7.24. The summed E-state index contributed by atoms with van der Waals surface area (Å²) in [6, 6.07) is 9.94. The van der Waals surface area contributed by atoms with Crippen LogP contribution in [0.2, 0.25) is 0 Å². The van der Waals surface area contributed by atoms with Crippen molar-refractivity contribution < 1.29 is 9.53 Å². The van der Waals surface area contributed by atoms with Gasteiger partial charge in [-0.25, -0.2) is 4.68 Å². The summed E-state index contributed by atoms with van der Waals surface area (Å²) in [5.74, 6) is -0.103. The molecule has 0 aliphatic heterocycles. The van der Waals surface area contributed by atoms with E-state index in [0.29, 0.717) is 26.0 Å². The summed E-state index contributed by atoms with van der Waals surface area (Å²) in [6.45, 7) is 7.13. The predicted molar refractivity (Wildman–Crippen MR) is 101 cm³/mol. The van der Waals surface area contributed by atoms with E-state index >= 15 is 0 Å². The molecule has 0 bridgehead atoms. The van der Waals surface area contributed by atoms with Crippen molar-refractivity contribution in [3.05, 3.63) is 48.3 Å². The molecule has 0 radical (unpaired) electrons. The van der Waals surface area contributed by atoms with E-state index in [2.05, 4.69) is 10.4 Å². The number of carbonyl (C=O) groups is 1. The first-order valence-corrected chi connectivity index (χ1v) is 9.16. The van der Waals surface area contributed by atoms with Crippen LogP contribution in [-0.4, -0.2) is 40.5 Å². The summed E-state index contributed by atoms with van der Waals surface area (Å²) in [7, 11) is 0. The number of rotatable bonds is 7. The molecule has 2 atom stereocenters. The smallest absolute Gasteiger partial charge is 0.240 e. The largest absolute Gasteiger partial charge is 0.378 e. The number of hydrogen-bond acceptors (Lipinski definition) is 4. The van der Waals surface area contributed by atoms with Gasteiger partial charge in [0.2, 0.25) is 5.91 Å². The van der Waals surface area contributed by atoms with Crippen LogP contribution in [-0.2, 0) is 16.0 Å². The number of nitrogens with one attached hydrogen (secondary N) is 1. The van der Waals surface area contributed by atoms with Crippen LogP contribution in [0.5, 0.6) is 0 Å². The fourth-order valence-corrected chi connectivity index (χ4v) is 3.51. The number of hydrogen-bond donors (Lipinski definition) is 2. The van der Waals surface area contributed by atoms with Gasteiger partial charge in [0.15, 0.2) is 0 Å². The first-order valence-electron chi connectivity index (χ1n) is 9.16. The summed E-state index contributed by atoms with van der Waals surface area (Å²) >= 11 is 0. The molecule has 140 valence electrons. The Hall–Kier alpha value is -2.18. The number of nitrogens with zero attached hydrogens (tertiary/aromatic N) is 2. The average Bonchev–Trinajstić information content (AvgIpc) is 3.11. The van der Waals surface area contributed by atoms with E-state index < -0.39 is 5.54 Å². The third-order valence-electron chi connectivity index (χ3n) is 5.59. The lowest BCUT2D eigenvalue weighted by molar-refractivity contribution is -0.170. The zero-order valence-corrected chi connectivity index (χ0v) is 15.7. The van der Waals surface area contributed by atoms with Gasteiger partial charge < -0.3 is 15.8 Å². The highest BCUT2D eigenvalue weighted by molar-refractivity contribution is 5.88. The van der Waals surface area contributed by atoms with E-state index in [0.717, 1.165) is 11.3 Å². The molecule has 1 aromatic heterocycles. The molecule has 1 aliphatic rings. The van der Waals surface area contributed by atoms with Crippen LogP contribution in [0.15, 0.2) is 42.7 Å². The number of amides is 1. The molecule has 2 aromatic rings. The lowest BCUT2D eigenvalue weighted by Gasteiger charge is -2.57. The summed E-state index contributed by atoms with van der Waals surface area (Å²) < 4.78 is 7.52. The molecule has 6 heteroatoms. The van der Waals surface area contributed by atoms with Crippen LogP contribution in [0.4, 0.5) is 0 Å². The van der Waals surface area contributed by atoms with Crippen LogP contribution < -0.4 is 11.1 Å². The molecule has 2 unspecified atom stereocenters. The molecular weight excluding hydrogens is 328 g/mol. The molecule has 1 fully saturated rings. The van der Waals surface area contributed by atoms with Crippen molar-refractivity contribution in [2.75, 3.05) is 13.2 Å². The normalized spacial score (nSPS) is 24.1. The first kappa shape index (κ1) is 18.6. The summed E-state index contributed by atoms with van der Waals surface area (Å²) in [4.78, 5) is 12.6. The highest BCUT2D eigenvalue weighted by Crippen LogP contribution is 2.49. The second-order valence-corrected chi connectivity index (χ2v) is 7.48. The molecule has 6 nitrogen and oxygen atoms in total. The Labute approximate surface area is 154 Å². The maximum Gasteiger partial charge on any atom is 0.240 e. The van der Waals surface area contributed by atoms with Gasteiger partial charge in [-0.15, -0.1) is 0 Å². The second-order valence-electron chi connectivity index (χ2n) is 7.48. The summed E-state index contributed by atoms with van der Waals surface area (Å²) in [6.07, 6.45) is 5.12. The topological polar surface area (TPSA) is 82.2 Å². The number of nitrogens with two attached hydrogens (primary N) is 1. The minimum absolute atomic E-state index is 0.0346. The molecule has 3 N–H and O–H groups in total. The monoisotopic (exact) mass is 356 g/mol. The zero-order valence-electron chi connectivity index (χ0n) is 15.7. The van der Waals surface area contributed by atoms with Crippen molar-refractivity contribution in [1.29, 1.82) is 0 Å². The molecule has 1 aliphatic carbocycles. The van der Waals surface area contributed by atoms with Crippen molar-refractivity contribution >= 4 is 5.91 Å². The fraction of sp³-hybridized carbons (Fsp3) is 0.500. The standard InChI is InChI=1S/C20H28N4O2/c1-4-26-17-12-20(21,19(17,2)3)18(25)22-11-10-15-13-23-24(14-15)16-8-6-5-7-9-16/h5-9,13-14,17H,4,10-12,21H2,1-3H3,(H,22,25). The van der Waals surface area contributed by atoms with Gasteiger partial charge in [0.25, 0.3) is 0 Å². The third-order valence-corrected chi connectivity index (χ3v) is 5.59. The number of ether oxygens (including phenoxy) is 1. The quantitative estimate of drug-likeness (QED) is 0.796. The maximum atomic E-state index is 12.6. The third kappa shape index (κ3) is 3.27. The number of aromatic nitrogens is 2. The van der Waals surface area contributed by atoms with Crippen LogP contribution >= 0.6 is 0 Å². The van der Waals surface area contributed by atoms with Gasteiger partial charge in [0, 0.05) is 31.2 Å². The molecule has 3 rings (SSSR count). The van der Waals surface area contributed by atoms with Crippen molar-refractivity contribution in [3.63, 3.8) is 0 Å². The van der Waals surface area contributed by atoms with E-state index in [4.69, 9.17) is 10.5 Å². The van der Waals surface area contributed by atoms with Gasteiger partial charge in [-0.1, -0.05) is 32.0 Å².